The molecule has 1 atom stereocenters. The lowest BCUT2D eigenvalue weighted by molar-refractivity contribution is -0.126. The zero-order chi connectivity index (χ0) is 10.1. The van der Waals surface area contributed by atoms with Crippen LogP contribution in [0.3, 0.4) is 0 Å². The minimum atomic E-state index is -0.139. The van der Waals surface area contributed by atoms with Crippen molar-refractivity contribution in [2.24, 2.45) is 11.7 Å². The highest BCUT2D eigenvalue weighted by molar-refractivity contribution is 5.79. The second kappa shape index (κ2) is 3.89. The zero-order valence-electron chi connectivity index (χ0n) is 8.91. The Labute approximate surface area is 85.6 Å². The fraction of sp³-hybridized carbons (Fsp3) is 0.909. The van der Waals surface area contributed by atoms with Crippen LogP contribution in [-0.4, -0.2) is 29.4 Å². The lowest BCUT2D eigenvalue weighted by Crippen LogP contribution is -2.56. The van der Waals surface area contributed by atoms with E-state index in [1.54, 1.807) is 0 Å². The third-order valence-corrected chi connectivity index (χ3v) is 3.87. The molecule has 0 aromatic heterocycles. The van der Waals surface area contributed by atoms with Crippen molar-refractivity contribution in [1.29, 1.82) is 0 Å². The summed E-state index contributed by atoms with van der Waals surface area (Å²) in [7, 11) is 0. The van der Waals surface area contributed by atoms with Crippen LogP contribution >= 0.6 is 0 Å². The SMILES string of the molecule is CCC(C(N)=O)N1CC2CCC1CC2. The largest absolute Gasteiger partial charge is 0.368 e. The van der Waals surface area contributed by atoms with Gasteiger partial charge in [-0.15, -0.1) is 0 Å². The molecule has 0 aromatic rings. The maximum Gasteiger partial charge on any atom is 0.234 e. The van der Waals surface area contributed by atoms with Crippen LogP contribution in [0, 0.1) is 5.92 Å². The third kappa shape index (κ3) is 1.65. The lowest BCUT2D eigenvalue weighted by Gasteiger charge is -2.47. The van der Waals surface area contributed by atoms with E-state index in [1.807, 2.05) is 0 Å². The molecule has 2 heterocycles. The number of carbonyl (C=O) groups excluding carboxylic acids is 1. The van der Waals surface area contributed by atoms with Crippen LogP contribution in [0.1, 0.15) is 39.0 Å². The summed E-state index contributed by atoms with van der Waals surface area (Å²) in [6.07, 6.45) is 6.12. The first-order chi connectivity index (χ1) is 6.72. The molecular formula is C11H20N2O. The number of amides is 1. The highest BCUT2D eigenvalue weighted by Crippen LogP contribution is 2.36. The van der Waals surface area contributed by atoms with E-state index in [0.29, 0.717) is 6.04 Å². The summed E-state index contributed by atoms with van der Waals surface area (Å²) in [6, 6.07) is 0.626. The third-order valence-electron chi connectivity index (χ3n) is 3.87. The Hall–Kier alpha value is -0.570. The molecule has 1 saturated carbocycles. The molecule has 2 N–H and O–H groups in total. The maximum atomic E-state index is 11.3. The van der Waals surface area contributed by atoms with Crippen LogP contribution in [0.4, 0.5) is 0 Å². The van der Waals surface area contributed by atoms with E-state index in [2.05, 4.69) is 11.8 Å². The zero-order valence-corrected chi connectivity index (χ0v) is 8.91. The van der Waals surface area contributed by atoms with E-state index in [9.17, 15) is 4.79 Å². The maximum absolute atomic E-state index is 11.3. The van der Waals surface area contributed by atoms with Crippen LogP contribution in [0.25, 0.3) is 0 Å². The van der Waals surface area contributed by atoms with Gasteiger partial charge in [0.1, 0.15) is 0 Å². The van der Waals surface area contributed by atoms with Crippen LogP contribution < -0.4 is 5.73 Å². The fourth-order valence-corrected chi connectivity index (χ4v) is 3.09. The fourth-order valence-electron chi connectivity index (χ4n) is 3.09. The number of nitrogens with zero attached hydrogens (tertiary/aromatic N) is 1. The summed E-state index contributed by atoms with van der Waals surface area (Å²) in [5, 5.41) is 0. The van der Waals surface area contributed by atoms with Crippen molar-refractivity contribution in [3.8, 4) is 0 Å². The van der Waals surface area contributed by atoms with Gasteiger partial charge in [-0.3, -0.25) is 9.69 Å². The summed E-state index contributed by atoms with van der Waals surface area (Å²) in [4.78, 5) is 13.6. The molecule has 3 nitrogen and oxygen atoms in total. The minimum Gasteiger partial charge on any atom is -0.368 e. The second-order valence-electron chi connectivity index (χ2n) is 4.70. The van der Waals surface area contributed by atoms with Crippen LogP contribution in [0.15, 0.2) is 0 Å². The van der Waals surface area contributed by atoms with Gasteiger partial charge in [0, 0.05) is 12.6 Å². The van der Waals surface area contributed by atoms with Gasteiger partial charge in [-0.2, -0.15) is 0 Å². The van der Waals surface area contributed by atoms with Gasteiger partial charge >= 0.3 is 0 Å². The predicted molar refractivity (Wildman–Crippen MR) is 55.7 cm³/mol. The Morgan fingerprint density at radius 3 is 2.43 bits per heavy atom. The van der Waals surface area contributed by atoms with E-state index in [1.165, 1.54) is 25.7 Å². The van der Waals surface area contributed by atoms with Gasteiger partial charge in [0.05, 0.1) is 6.04 Å². The number of hydrogen-bond donors (Lipinski definition) is 1. The summed E-state index contributed by atoms with van der Waals surface area (Å²) < 4.78 is 0. The van der Waals surface area contributed by atoms with Gasteiger partial charge in [-0.25, -0.2) is 0 Å². The molecule has 0 radical (unpaired) electrons. The van der Waals surface area contributed by atoms with E-state index >= 15 is 0 Å². The van der Waals surface area contributed by atoms with E-state index in [-0.39, 0.29) is 11.9 Å². The van der Waals surface area contributed by atoms with Gasteiger partial charge in [0.15, 0.2) is 0 Å². The molecule has 1 aliphatic carbocycles. The number of rotatable bonds is 3. The Bertz CT molecular complexity index is 221. The number of fused-ring (bicyclic) bond motifs is 3. The van der Waals surface area contributed by atoms with Crippen LogP contribution in [-0.2, 0) is 4.79 Å². The molecule has 2 saturated heterocycles. The first kappa shape index (κ1) is 9.97. The van der Waals surface area contributed by atoms with Crippen molar-refractivity contribution in [1.82, 2.24) is 4.90 Å². The van der Waals surface area contributed by atoms with Crippen LogP contribution in [0.5, 0.6) is 0 Å². The summed E-state index contributed by atoms with van der Waals surface area (Å²) >= 11 is 0. The Morgan fingerprint density at radius 2 is 2.07 bits per heavy atom. The molecule has 80 valence electrons. The minimum absolute atomic E-state index is 0.0110. The van der Waals surface area contributed by atoms with Gasteiger partial charge < -0.3 is 5.73 Å². The Balaban J connectivity index is 2.06. The molecular weight excluding hydrogens is 176 g/mol. The quantitative estimate of drug-likeness (QED) is 0.735. The molecule has 3 heteroatoms. The van der Waals surface area contributed by atoms with E-state index in [4.69, 9.17) is 5.73 Å². The molecule has 1 amide bonds. The van der Waals surface area contributed by atoms with Crippen molar-refractivity contribution < 1.29 is 4.79 Å². The van der Waals surface area contributed by atoms with Gasteiger partial charge in [0.25, 0.3) is 0 Å². The van der Waals surface area contributed by atoms with Crippen LogP contribution in [0.2, 0.25) is 0 Å². The standard InChI is InChI=1S/C11H20N2O/c1-2-10(11(12)14)13-7-8-3-5-9(13)6-4-8/h8-10H,2-7H2,1H3,(H2,12,14). The molecule has 3 aliphatic rings. The first-order valence-corrected chi connectivity index (χ1v) is 5.77. The smallest absolute Gasteiger partial charge is 0.234 e. The Morgan fingerprint density at radius 1 is 1.43 bits per heavy atom. The molecule has 0 aromatic carbocycles. The monoisotopic (exact) mass is 196 g/mol. The van der Waals surface area contributed by atoms with Crippen molar-refractivity contribution in [3.63, 3.8) is 0 Å². The molecule has 14 heavy (non-hydrogen) atoms. The normalized spacial score (nSPS) is 34.4. The number of hydrogen-bond acceptors (Lipinski definition) is 2. The Kier molecular flexibility index (Phi) is 2.77. The number of piperidine rings is 2. The summed E-state index contributed by atoms with van der Waals surface area (Å²) in [6.45, 7) is 3.16. The highest BCUT2D eigenvalue weighted by Gasteiger charge is 2.38. The number of nitrogens with two attached hydrogens (primary N) is 1. The molecule has 2 bridgehead atoms. The predicted octanol–water partition coefficient (Wildman–Crippen LogP) is 1.12. The number of carbonyl (C=O) groups is 1. The van der Waals surface area contributed by atoms with Crippen molar-refractivity contribution in [3.05, 3.63) is 0 Å². The molecule has 3 fully saturated rings. The van der Waals surface area contributed by atoms with Crippen molar-refractivity contribution >= 4 is 5.91 Å². The highest BCUT2D eigenvalue weighted by atomic mass is 16.1. The van der Waals surface area contributed by atoms with Crippen molar-refractivity contribution in [2.75, 3.05) is 6.54 Å². The second-order valence-corrected chi connectivity index (χ2v) is 4.70. The average molecular weight is 196 g/mol. The number of primary amides is 1. The lowest BCUT2D eigenvalue weighted by atomic mass is 9.79. The molecule has 0 spiro atoms. The van der Waals surface area contributed by atoms with E-state index < -0.39 is 0 Å². The van der Waals surface area contributed by atoms with E-state index in [0.717, 1.165) is 18.9 Å². The van der Waals surface area contributed by atoms with Gasteiger partial charge in [-0.05, 0) is 38.0 Å². The average Bonchev–Trinajstić information content (AvgIpc) is 2.20. The topological polar surface area (TPSA) is 46.3 Å². The summed E-state index contributed by atoms with van der Waals surface area (Å²) in [5.41, 5.74) is 5.43. The molecule has 3 rings (SSSR count). The van der Waals surface area contributed by atoms with Crippen molar-refractivity contribution in [2.45, 2.75) is 51.1 Å². The first-order valence-electron chi connectivity index (χ1n) is 5.77. The molecule has 1 unspecified atom stereocenters. The molecule has 2 aliphatic heterocycles. The van der Waals surface area contributed by atoms with Gasteiger partial charge in [-0.1, -0.05) is 6.92 Å². The van der Waals surface area contributed by atoms with Gasteiger partial charge in [0.2, 0.25) is 5.91 Å². The summed E-state index contributed by atoms with van der Waals surface area (Å²) in [5.74, 6) is 0.688.